The average Bonchev–Trinajstić information content (AvgIpc) is 3.07. The molecule has 1 heterocycles. The van der Waals surface area contributed by atoms with Crippen LogP contribution in [0.5, 0.6) is 0 Å². The number of aromatic amines is 1. The van der Waals surface area contributed by atoms with Crippen LogP contribution in [0.3, 0.4) is 0 Å². The summed E-state index contributed by atoms with van der Waals surface area (Å²) in [5.41, 5.74) is 1.78. The fraction of sp³-hybridized carbons (Fsp3) is 0.409. The van der Waals surface area contributed by atoms with Crippen LogP contribution in [0.4, 0.5) is 0 Å². The molecule has 0 radical (unpaired) electrons. The van der Waals surface area contributed by atoms with Crippen LogP contribution >= 0.6 is 23.2 Å². The molecule has 2 atom stereocenters. The van der Waals surface area contributed by atoms with Crippen LogP contribution in [0.15, 0.2) is 36.1 Å². The van der Waals surface area contributed by atoms with Crippen LogP contribution in [0.1, 0.15) is 31.4 Å². The molecule has 1 aromatic heterocycles. The van der Waals surface area contributed by atoms with Crippen molar-refractivity contribution in [3.63, 3.8) is 0 Å². The molecule has 29 heavy (non-hydrogen) atoms. The fourth-order valence-corrected chi connectivity index (χ4v) is 4.07. The zero-order chi connectivity index (χ0) is 21.0. The van der Waals surface area contributed by atoms with Crippen LogP contribution in [0.25, 0.3) is 17.0 Å². The lowest BCUT2D eigenvalue weighted by Gasteiger charge is -2.33. The Morgan fingerprint density at radius 1 is 1.24 bits per heavy atom. The monoisotopic (exact) mass is 435 g/mol. The van der Waals surface area contributed by atoms with E-state index in [9.17, 15) is 4.79 Å². The van der Waals surface area contributed by atoms with Gasteiger partial charge in [-0.05, 0) is 70.1 Å². The Kier molecular flexibility index (Phi) is 7.28. The van der Waals surface area contributed by atoms with Crippen molar-refractivity contribution in [3.05, 3.63) is 51.8 Å². The van der Waals surface area contributed by atoms with E-state index in [1.807, 2.05) is 18.2 Å². The van der Waals surface area contributed by atoms with Gasteiger partial charge >= 0.3 is 0 Å². The molecule has 156 valence electrons. The first-order valence-corrected chi connectivity index (χ1v) is 10.5. The number of ether oxygens (including phenoxy) is 1. The van der Waals surface area contributed by atoms with E-state index in [-0.39, 0.29) is 17.7 Å². The average molecular weight is 436 g/mol. The maximum atomic E-state index is 12.6. The third kappa shape index (κ3) is 5.56. The normalized spacial score (nSPS) is 20.6. The maximum Gasteiger partial charge on any atom is 0.286 e. The van der Waals surface area contributed by atoms with Gasteiger partial charge in [-0.1, -0.05) is 29.3 Å². The number of aromatic nitrogens is 1. The number of hydrogen-bond acceptors (Lipinski definition) is 3. The Balaban J connectivity index is 1.65. The summed E-state index contributed by atoms with van der Waals surface area (Å²) < 4.78 is 5.30. The minimum Gasteiger partial charge on any atom is -0.491 e. The van der Waals surface area contributed by atoms with Crippen molar-refractivity contribution in [2.45, 2.75) is 37.8 Å². The Bertz CT molecular complexity index is 895. The summed E-state index contributed by atoms with van der Waals surface area (Å²) >= 11 is 12.1. The molecule has 0 bridgehead atoms. The predicted octanol–water partition coefficient (Wildman–Crippen LogP) is 5.01. The minimum atomic E-state index is -0.184. The van der Waals surface area contributed by atoms with Crippen LogP contribution in [-0.4, -0.2) is 49.1 Å². The second kappa shape index (κ2) is 9.70. The molecule has 0 saturated heterocycles. The number of amides is 1. The van der Waals surface area contributed by atoms with Crippen LogP contribution in [0.2, 0.25) is 10.0 Å². The van der Waals surface area contributed by atoms with Gasteiger partial charge in [0.1, 0.15) is 0 Å². The first kappa shape index (κ1) is 21.8. The lowest BCUT2D eigenvalue weighted by molar-refractivity contribution is -0.121. The number of H-pyrrole nitrogens is 1. The lowest BCUT2D eigenvalue weighted by Crippen LogP contribution is -2.44. The minimum absolute atomic E-state index is 0.175. The van der Waals surface area contributed by atoms with Crippen molar-refractivity contribution in [2.24, 2.45) is 0 Å². The van der Waals surface area contributed by atoms with Crippen LogP contribution in [-0.2, 0) is 9.53 Å². The first-order chi connectivity index (χ1) is 13.9. The maximum absolute atomic E-state index is 12.6. The largest absolute Gasteiger partial charge is 0.491 e. The summed E-state index contributed by atoms with van der Waals surface area (Å²) in [4.78, 5) is 18.1. The van der Waals surface area contributed by atoms with Crippen molar-refractivity contribution >= 4 is 46.1 Å². The number of allylic oxidation sites excluding steroid dienone is 2. The summed E-state index contributed by atoms with van der Waals surface area (Å²) in [6.45, 7) is 0. The number of benzene rings is 1. The number of carbonyl (C=O) groups excluding carboxylic acids is 1. The standard InChI is InChI=1S/C22H27Cl2N3O2/c1-27(2)17-8-4-6-16(12-17)26-22(28)21(29-3)9-5-7-15-10-14-11-18(23)19(24)13-20(14)25-15/h5,7,9-11,13,16-17,25H,4,6,8,12H2,1-3H3,(H,26,28)/b7-5+,21-9+. The van der Waals surface area contributed by atoms with Gasteiger partial charge in [0.05, 0.1) is 17.2 Å². The van der Waals surface area contributed by atoms with E-state index >= 15 is 0 Å². The van der Waals surface area contributed by atoms with E-state index < -0.39 is 0 Å². The van der Waals surface area contributed by atoms with Gasteiger partial charge in [-0.25, -0.2) is 0 Å². The number of nitrogens with one attached hydrogen (secondary N) is 2. The molecule has 1 aliphatic rings. The number of hydrogen-bond donors (Lipinski definition) is 2. The molecular formula is C22H27Cl2N3O2. The smallest absolute Gasteiger partial charge is 0.286 e. The second-order valence-corrected chi connectivity index (χ2v) is 8.44. The zero-order valence-corrected chi connectivity index (χ0v) is 18.5. The SMILES string of the molecule is CO/C(=C/C=C/c1cc2cc(Cl)c(Cl)cc2[nH]1)C(=O)NC1CCCC(N(C)C)C1. The molecule has 5 nitrogen and oxygen atoms in total. The number of nitrogens with zero attached hydrogens (tertiary/aromatic N) is 1. The Morgan fingerprint density at radius 3 is 2.72 bits per heavy atom. The Morgan fingerprint density at radius 2 is 2.00 bits per heavy atom. The van der Waals surface area contributed by atoms with Crippen LogP contribution in [0, 0.1) is 0 Å². The summed E-state index contributed by atoms with van der Waals surface area (Å²) in [6.07, 6.45) is 9.60. The number of rotatable bonds is 6. The van der Waals surface area contributed by atoms with Crippen molar-refractivity contribution in [1.29, 1.82) is 0 Å². The topological polar surface area (TPSA) is 57.4 Å². The molecule has 1 fully saturated rings. The third-order valence-electron chi connectivity index (χ3n) is 5.36. The molecule has 7 heteroatoms. The summed E-state index contributed by atoms with van der Waals surface area (Å²) in [6, 6.07) is 6.27. The highest BCUT2D eigenvalue weighted by molar-refractivity contribution is 6.42. The molecule has 3 rings (SSSR count). The van der Waals surface area contributed by atoms with Gasteiger partial charge in [0.2, 0.25) is 0 Å². The van der Waals surface area contributed by atoms with E-state index in [1.165, 1.54) is 13.5 Å². The molecule has 2 aromatic rings. The second-order valence-electron chi connectivity index (χ2n) is 7.63. The van der Waals surface area contributed by atoms with E-state index in [1.54, 1.807) is 18.2 Å². The van der Waals surface area contributed by atoms with Gasteiger partial charge < -0.3 is 19.9 Å². The van der Waals surface area contributed by atoms with Gasteiger partial charge in [0.15, 0.2) is 5.76 Å². The molecule has 0 spiro atoms. The molecule has 2 unspecified atom stereocenters. The Labute approximate surface area is 181 Å². The molecule has 1 amide bonds. The lowest BCUT2D eigenvalue weighted by atomic mass is 9.90. The molecule has 1 aromatic carbocycles. The highest BCUT2D eigenvalue weighted by Crippen LogP contribution is 2.28. The Hall–Kier alpha value is -1.95. The van der Waals surface area contributed by atoms with E-state index in [2.05, 4.69) is 29.3 Å². The first-order valence-electron chi connectivity index (χ1n) is 9.74. The van der Waals surface area contributed by atoms with E-state index in [0.29, 0.717) is 16.1 Å². The number of halogens is 2. The van der Waals surface area contributed by atoms with Crippen molar-refractivity contribution in [1.82, 2.24) is 15.2 Å². The van der Waals surface area contributed by atoms with Gasteiger partial charge in [0, 0.05) is 28.7 Å². The summed E-state index contributed by atoms with van der Waals surface area (Å²) in [5.74, 6) is 0.104. The number of carbonyl (C=O) groups is 1. The summed E-state index contributed by atoms with van der Waals surface area (Å²) in [7, 11) is 5.69. The molecule has 0 aliphatic heterocycles. The van der Waals surface area contributed by atoms with E-state index in [0.717, 1.165) is 35.9 Å². The number of methoxy groups -OCH3 is 1. The number of fused-ring (bicyclic) bond motifs is 1. The van der Waals surface area contributed by atoms with Crippen molar-refractivity contribution in [3.8, 4) is 0 Å². The van der Waals surface area contributed by atoms with Gasteiger partial charge in [-0.15, -0.1) is 0 Å². The predicted molar refractivity (Wildman–Crippen MR) is 120 cm³/mol. The molecule has 1 aliphatic carbocycles. The zero-order valence-electron chi connectivity index (χ0n) is 17.0. The highest BCUT2D eigenvalue weighted by Gasteiger charge is 2.25. The molecule has 1 saturated carbocycles. The molecule has 2 N–H and O–H groups in total. The summed E-state index contributed by atoms with van der Waals surface area (Å²) in [5, 5.41) is 5.11. The van der Waals surface area contributed by atoms with Gasteiger partial charge in [0.25, 0.3) is 5.91 Å². The van der Waals surface area contributed by atoms with Crippen molar-refractivity contribution in [2.75, 3.05) is 21.2 Å². The van der Waals surface area contributed by atoms with E-state index in [4.69, 9.17) is 27.9 Å². The fourth-order valence-electron chi connectivity index (χ4n) is 3.74. The van der Waals surface area contributed by atoms with Crippen LogP contribution < -0.4 is 5.32 Å². The quantitative estimate of drug-likeness (QED) is 0.380. The van der Waals surface area contributed by atoms with Gasteiger partial charge in [-0.3, -0.25) is 4.79 Å². The van der Waals surface area contributed by atoms with Crippen molar-refractivity contribution < 1.29 is 9.53 Å². The van der Waals surface area contributed by atoms with Gasteiger partial charge in [-0.2, -0.15) is 0 Å². The third-order valence-corrected chi connectivity index (χ3v) is 6.08. The highest BCUT2D eigenvalue weighted by atomic mass is 35.5. The molecular weight excluding hydrogens is 409 g/mol.